The number of hydrogen-bond donors (Lipinski definition) is 0. The molecule has 0 fully saturated rings. The van der Waals surface area contributed by atoms with Crippen molar-refractivity contribution < 1.29 is 14.3 Å². The third kappa shape index (κ3) is 2.54. The van der Waals surface area contributed by atoms with Crippen molar-refractivity contribution in [2.75, 3.05) is 14.2 Å². The number of rotatable bonds is 3. The van der Waals surface area contributed by atoms with E-state index in [0.717, 1.165) is 20.9 Å². The van der Waals surface area contributed by atoms with Gasteiger partial charge >= 0.3 is 0 Å². The Morgan fingerprint density at radius 3 is 2.48 bits per heavy atom. The lowest BCUT2D eigenvalue weighted by atomic mass is 10.1. The molecule has 0 radical (unpaired) electrons. The van der Waals surface area contributed by atoms with Gasteiger partial charge in [0, 0.05) is 10.5 Å². The van der Waals surface area contributed by atoms with Gasteiger partial charge in [-0.1, -0.05) is 30.0 Å². The molecule has 3 nitrogen and oxygen atoms in total. The molecule has 1 heterocycles. The molecule has 1 aliphatic heterocycles. The number of ether oxygens (including phenoxy) is 2. The van der Waals surface area contributed by atoms with Crippen LogP contribution in [0.15, 0.2) is 52.3 Å². The number of allylic oxidation sites excluding steroid dienone is 1. The van der Waals surface area contributed by atoms with Crippen LogP contribution in [0.3, 0.4) is 0 Å². The molecule has 0 atom stereocenters. The van der Waals surface area contributed by atoms with Crippen molar-refractivity contribution in [1.29, 1.82) is 0 Å². The molecule has 0 unspecified atom stereocenters. The van der Waals surface area contributed by atoms with Crippen LogP contribution in [0, 0.1) is 0 Å². The summed E-state index contributed by atoms with van der Waals surface area (Å²) in [5, 5.41) is 0. The van der Waals surface area contributed by atoms with Crippen molar-refractivity contribution in [1.82, 2.24) is 0 Å². The smallest absolute Gasteiger partial charge is 0.200 e. The van der Waals surface area contributed by atoms with Gasteiger partial charge in [0.2, 0.25) is 5.78 Å². The van der Waals surface area contributed by atoms with Gasteiger partial charge in [-0.05, 0) is 35.9 Å². The zero-order valence-corrected chi connectivity index (χ0v) is 12.6. The summed E-state index contributed by atoms with van der Waals surface area (Å²) >= 11 is 1.50. The summed E-state index contributed by atoms with van der Waals surface area (Å²) < 4.78 is 10.5. The van der Waals surface area contributed by atoms with E-state index in [2.05, 4.69) is 0 Å². The fourth-order valence-corrected chi connectivity index (χ4v) is 3.28. The summed E-state index contributed by atoms with van der Waals surface area (Å²) in [6, 6.07) is 13.3. The molecule has 0 N–H and O–H groups in total. The third-order valence-corrected chi connectivity index (χ3v) is 4.38. The average Bonchev–Trinajstić information content (AvgIpc) is 2.84. The number of carbonyl (C=O) groups excluding carboxylic acids is 1. The second kappa shape index (κ2) is 5.66. The van der Waals surface area contributed by atoms with E-state index in [4.69, 9.17) is 9.47 Å². The van der Waals surface area contributed by atoms with E-state index in [-0.39, 0.29) is 5.78 Å². The van der Waals surface area contributed by atoms with Crippen molar-refractivity contribution in [3.8, 4) is 11.5 Å². The first-order chi connectivity index (χ1) is 10.2. The van der Waals surface area contributed by atoms with Gasteiger partial charge in [-0.25, -0.2) is 0 Å². The summed E-state index contributed by atoms with van der Waals surface area (Å²) in [5.74, 6) is 1.40. The molecule has 0 spiro atoms. The molecule has 1 aliphatic rings. The van der Waals surface area contributed by atoms with Gasteiger partial charge < -0.3 is 9.47 Å². The third-order valence-electron chi connectivity index (χ3n) is 3.28. The van der Waals surface area contributed by atoms with Crippen molar-refractivity contribution in [2.24, 2.45) is 0 Å². The Balaban J connectivity index is 1.95. The molecular weight excluding hydrogens is 284 g/mol. The van der Waals surface area contributed by atoms with E-state index in [1.807, 2.05) is 48.5 Å². The van der Waals surface area contributed by atoms with Crippen LogP contribution in [0.5, 0.6) is 11.5 Å². The predicted molar refractivity (Wildman–Crippen MR) is 84.2 cm³/mol. The van der Waals surface area contributed by atoms with E-state index in [0.29, 0.717) is 11.5 Å². The van der Waals surface area contributed by atoms with Crippen LogP contribution in [-0.2, 0) is 0 Å². The minimum Gasteiger partial charge on any atom is -0.493 e. The fraction of sp³-hybridized carbons (Fsp3) is 0.118. The lowest BCUT2D eigenvalue weighted by Crippen LogP contribution is -1.94. The van der Waals surface area contributed by atoms with E-state index in [1.54, 1.807) is 14.2 Å². The second-order valence-corrected chi connectivity index (χ2v) is 5.63. The second-order valence-electron chi connectivity index (χ2n) is 4.55. The number of benzene rings is 2. The number of fused-ring (bicyclic) bond motifs is 1. The molecule has 0 bridgehead atoms. The van der Waals surface area contributed by atoms with Crippen LogP contribution >= 0.6 is 11.8 Å². The molecule has 2 aromatic carbocycles. The maximum absolute atomic E-state index is 12.3. The summed E-state index contributed by atoms with van der Waals surface area (Å²) in [4.78, 5) is 14.1. The summed E-state index contributed by atoms with van der Waals surface area (Å²) in [6.07, 6.45) is 1.88. The number of Topliss-reactive ketones (excluding diaryl/α,β-unsaturated/α-hetero) is 1. The quantitative estimate of drug-likeness (QED) is 0.801. The van der Waals surface area contributed by atoms with Crippen LogP contribution in [0.1, 0.15) is 15.9 Å². The lowest BCUT2D eigenvalue weighted by Gasteiger charge is -2.07. The summed E-state index contributed by atoms with van der Waals surface area (Å²) in [6.45, 7) is 0. The zero-order valence-electron chi connectivity index (χ0n) is 11.8. The van der Waals surface area contributed by atoms with E-state index in [1.165, 1.54) is 11.8 Å². The number of thioether (sulfide) groups is 1. The van der Waals surface area contributed by atoms with E-state index in [9.17, 15) is 4.79 Å². The number of carbonyl (C=O) groups is 1. The maximum atomic E-state index is 12.3. The van der Waals surface area contributed by atoms with E-state index >= 15 is 0 Å². The van der Waals surface area contributed by atoms with Gasteiger partial charge in [0.25, 0.3) is 0 Å². The Kier molecular flexibility index (Phi) is 3.71. The van der Waals surface area contributed by atoms with Crippen molar-refractivity contribution in [3.63, 3.8) is 0 Å². The van der Waals surface area contributed by atoms with E-state index < -0.39 is 0 Å². The minimum absolute atomic E-state index is 0.0744. The van der Waals surface area contributed by atoms with Crippen LogP contribution in [0.2, 0.25) is 0 Å². The van der Waals surface area contributed by atoms with Crippen LogP contribution in [0.4, 0.5) is 0 Å². The topological polar surface area (TPSA) is 35.5 Å². The first-order valence-corrected chi connectivity index (χ1v) is 7.30. The normalized spacial score (nSPS) is 15.1. The molecule has 2 aromatic rings. The van der Waals surface area contributed by atoms with Crippen LogP contribution in [0.25, 0.3) is 6.08 Å². The fourth-order valence-electron chi connectivity index (χ4n) is 2.23. The standard InChI is InChI=1S/C17H14O3S/c1-19-13-8-7-11(9-14(13)20-2)10-16-17(18)12-5-3-4-6-15(12)21-16/h3-10H,1-2H3. The van der Waals surface area contributed by atoms with Gasteiger partial charge in [-0.3, -0.25) is 4.79 Å². The van der Waals surface area contributed by atoms with Gasteiger partial charge in [-0.15, -0.1) is 0 Å². The minimum atomic E-state index is 0.0744. The average molecular weight is 298 g/mol. The molecule has 0 aromatic heterocycles. The molecule has 0 saturated heterocycles. The Bertz CT molecular complexity index is 735. The molecule has 106 valence electrons. The molecular formula is C17H14O3S. The van der Waals surface area contributed by atoms with Crippen LogP contribution < -0.4 is 9.47 Å². The van der Waals surface area contributed by atoms with Crippen molar-refractivity contribution >= 4 is 23.6 Å². The first-order valence-electron chi connectivity index (χ1n) is 6.48. The maximum Gasteiger partial charge on any atom is 0.200 e. The SMILES string of the molecule is COc1ccc(C=C2Sc3ccccc3C2=O)cc1OC. The predicted octanol–water partition coefficient (Wildman–Crippen LogP) is 4.03. The number of methoxy groups -OCH3 is 2. The molecule has 0 saturated carbocycles. The molecule has 3 rings (SSSR count). The van der Waals surface area contributed by atoms with Crippen molar-refractivity contribution in [3.05, 3.63) is 58.5 Å². The summed E-state index contributed by atoms with van der Waals surface area (Å²) in [5.41, 5.74) is 1.69. The Morgan fingerprint density at radius 1 is 1.00 bits per heavy atom. The molecule has 0 aliphatic carbocycles. The highest BCUT2D eigenvalue weighted by atomic mass is 32.2. The largest absolute Gasteiger partial charge is 0.493 e. The number of ketones is 1. The summed E-state index contributed by atoms with van der Waals surface area (Å²) in [7, 11) is 3.20. The highest BCUT2D eigenvalue weighted by Crippen LogP contribution is 2.41. The Hall–Kier alpha value is -2.20. The number of hydrogen-bond acceptors (Lipinski definition) is 4. The molecule has 0 amide bonds. The highest BCUT2D eigenvalue weighted by Gasteiger charge is 2.25. The lowest BCUT2D eigenvalue weighted by molar-refractivity contribution is 0.104. The Morgan fingerprint density at radius 2 is 1.76 bits per heavy atom. The monoisotopic (exact) mass is 298 g/mol. The van der Waals surface area contributed by atoms with Gasteiger partial charge in [0.1, 0.15) is 0 Å². The Labute approximate surface area is 127 Å². The first kappa shape index (κ1) is 13.8. The zero-order chi connectivity index (χ0) is 14.8. The highest BCUT2D eigenvalue weighted by molar-refractivity contribution is 8.04. The van der Waals surface area contributed by atoms with Gasteiger partial charge in [-0.2, -0.15) is 0 Å². The van der Waals surface area contributed by atoms with Gasteiger partial charge in [0.15, 0.2) is 11.5 Å². The molecule has 21 heavy (non-hydrogen) atoms. The molecule has 4 heteroatoms. The van der Waals surface area contributed by atoms with Gasteiger partial charge in [0.05, 0.1) is 19.1 Å². The van der Waals surface area contributed by atoms with Crippen LogP contribution in [-0.4, -0.2) is 20.0 Å². The van der Waals surface area contributed by atoms with Crippen molar-refractivity contribution in [2.45, 2.75) is 4.90 Å².